The third-order valence-electron chi connectivity index (χ3n) is 5.78. The molecule has 2 aromatic carbocycles. The zero-order chi connectivity index (χ0) is 21.7. The quantitative estimate of drug-likeness (QED) is 0.755. The topological polar surface area (TPSA) is 61.4 Å². The van der Waals surface area contributed by atoms with Crippen LogP contribution in [0.15, 0.2) is 48.5 Å². The molecule has 1 atom stereocenters. The molecule has 0 aliphatic carbocycles. The minimum Gasteiger partial charge on any atom is -0.371 e. The predicted molar refractivity (Wildman–Crippen MR) is 117 cm³/mol. The maximum atomic E-state index is 13.0. The van der Waals surface area contributed by atoms with Crippen LogP contribution in [0.3, 0.4) is 0 Å². The molecule has 1 saturated heterocycles. The molecule has 160 valence electrons. The van der Waals surface area contributed by atoms with Gasteiger partial charge in [0, 0.05) is 36.4 Å². The number of carbonyl (C=O) groups excluding carboxylic acids is 2. The molecule has 30 heavy (non-hydrogen) atoms. The van der Waals surface area contributed by atoms with Gasteiger partial charge >= 0.3 is 0 Å². The van der Waals surface area contributed by atoms with E-state index in [0.717, 1.165) is 31.6 Å². The highest BCUT2D eigenvalue weighted by Crippen LogP contribution is 2.25. The molecule has 1 fully saturated rings. The fourth-order valence-corrected chi connectivity index (χ4v) is 3.53. The van der Waals surface area contributed by atoms with Crippen molar-refractivity contribution in [2.24, 2.45) is 5.92 Å². The largest absolute Gasteiger partial charge is 0.371 e. The molecular weight excluding hydrogens is 381 g/mol. The summed E-state index contributed by atoms with van der Waals surface area (Å²) in [7, 11) is 0. The molecule has 0 saturated carbocycles. The molecule has 3 rings (SSSR count). The summed E-state index contributed by atoms with van der Waals surface area (Å²) in [6.07, 6.45) is 1.57. The summed E-state index contributed by atoms with van der Waals surface area (Å²) >= 11 is 0. The number of halogens is 1. The second-order valence-corrected chi connectivity index (χ2v) is 8.26. The molecule has 2 amide bonds. The van der Waals surface area contributed by atoms with E-state index in [-0.39, 0.29) is 29.7 Å². The number of nitrogens with zero attached hydrogens (tertiary/aromatic N) is 1. The Morgan fingerprint density at radius 2 is 1.60 bits per heavy atom. The van der Waals surface area contributed by atoms with Gasteiger partial charge in [0.05, 0.1) is 5.56 Å². The smallest absolute Gasteiger partial charge is 0.253 e. The first kappa shape index (κ1) is 21.8. The van der Waals surface area contributed by atoms with E-state index in [9.17, 15) is 14.0 Å². The molecule has 6 heteroatoms. The van der Waals surface area contributed by atoms with E-state index in [0.29, 0.717) is 17.0 Å². The first-order valence-corrected chi connectivity index (χ1v) is 10.6. The van der Waals surface area contributed by atoms with Crippen LogP contribution < -0.4 is 15.5 Å². The number of piperidine rings is 1. The first-order valence-electron chi connectivity index (χ1n) is 10.6. The Morgan fingerprint density at radius 3 is 2.23 bits per heavy atom. The monoisotopic (exact) mass is 411 g/mol. The van der Waals surface area contributed by atoms with Gasteiger partial charge in [0.15, 0.2) is 0 Å². The Balaban J connectivity index is 1.60. The fraction of sp³-hybridized carbons (Fsp3) is 0.417. The summed E-state index contributed by atoms with van der Waals surface area (Å²) in [5.74, 6) is -0.235. The maximum Gasteiger partial charge on any atom is 0.253 e. The summed E-state index contributed by atoms with van der Waals surface area (Å²) < 4.78 is 13.0. The molecular formula is C24H30FN3O2. The van der Waals surface area contributed by atoms with Crippen molar-refractivity contribution in [1.29, 1.82) is 0 Å². The Hall–Kier alpha value is -2.89. The van der Waals surface area contributed by atoms with E-state index in [2.05, 4.69) is 29.4 Å². The van der Waals surface area contributed by atoms with E-state index in [4.69, 9.17) is 0 Å². The van der Waals surface area contributed by atoms with Crippen molar-refractivity contribution < 1.29 is 14.0 Å². The van der Waals surface area contributed by atoms with Gasteiger partial charge in [0.25, 0.3) is 11.8 Å². The van der Waals surface area contributed by atoms with Crippen molar-refractivity contribution in [1.82, 2.24) is 10.6 Å². The van der Waals surface area contributed by atoms with Crippen LogP contribution in [0.1, 0.15) is 54.3 Å². The van der Waals surface area contributed by atoms with Crippen LogP contribution in [0.5, 0.6) is 0 Å². The van der Waals surface area contributed by atoms with E-state index in [1.165, 1.54) is 24.3 Å². The van der Waals surface area contributed by atoms with Crippen molar-refractivity contribution in [3.05, 3.63) is 65.5 Å². The normalized spacial score (nSPS) is 15.7. The first-order chi connectivity index (χ1) is 14.3. The van der Waals surface area contributed by atoms with Crippen molar-refractivity contribution >= 4 is 17.5 Å². The van der Waals surface area contributed by atoms with Crippen LogP contribution in [0.25, 0.3) is 0 Å². The van der Waals surface area contributed by atoms with Crippen LogP contribution in [-0.2, 0) is 0 Å². The maximum absolute atomic E-state index is 13.0. The highest BCUT2D eigenvalue weighted by Gasteiger charge is 2.24. The van der Waals surface area contributed by atoms with E-state index >= 15 is 0 Å². The van der Waals surface area contributed by atoms with Crippen LogP contribution in [-0.4, -0.2) is 37.0 Å². The fourth-order valence-electron chi connectivity index (χ4n) is 3.53. The molecule has 5 nitrogen and oxygen atoms in total. The average Bonchev–Trinajstić information content (AvgIpc) is 2.74. The van der Waals surface area contributed by atoms with E-state index in [1.54, 1.807) is 0 Å². The van der Waals surface area contributed by atoms with Crippen LogP contribution in [0.2, 0.25) is 0 Å². The highest BCUT2D eigenvalue weighted by molar-refractivity contribution is 6.00. The average molecular weight is 412 g/mol. The van der Waals surface area contributed by atoms with Gasteiger partial charge in [-0.05, 0) is 62.1 Å². The van der Waals surface area contributed by atoms with Crippen molar-refractivity contribution in [2.75, 3.05) is 18.0 Å². The molecule has 0 aromatic heterocycles. The van der Waals surface area contributed by atoms with Crippen LogP contribution in [0, 0.1) is 11.7 Å². The standard InChI is InChI=1S/C24H30FN3O2/c1-16(2)17(3)26-24(30)21-6-4-5-7-22(21)28-14-12-20(13-15-28)27-23(29)18-8-10-19(25)11-9-18/h4-11,16-17,20H,12-15H2,1-3H3,(H,26,30)(H,27,29). The number of nitrogens with one attached hydrogen (secondary N) is 2. The SMILES string of the molecule is CC(C)C(C)NC(=O)c1ccccc1N1CCC(NC(=O)c2ccc(F)cc2)CC1. The Kier molecular flexibility index (Phi) is 7.08. The Morgan fingerprint density at radius 1 is 0.967 bits per heavy atom. The zero-order valence-electron chi connectivity index (χ0n) is 17.8. The number of para-hydroxylation sites is 1. The Bertz CT molecular complexity index is 874. The van der Waals surface area contributed by atoms with Gasteiger partial charge in [-0.25, -0.2) is 4.39 Å². The Labute approximate surface area is 177 Å². The zero-order valence-corrected chi connectivity index (χ0v) is 17.8. The van der Waals surface area contributed by atoms with Crippen molar-refractivity contribution in [2.45, 2.75) is 45.7 Å². The summed E-state index contributed by atoms with van der Waals surface area (Å²) in [5, 5.41) is 6.12. The summed E-state index contributed by atoms with van der Waals surface area (Å²) in [5.41, 5.74) is 2.06. The van der Waals surface area contributed by atoms with Gasteiger partial charge in [-0.15, -0.1) is 0 Å². The van der Waals surface area contributed by atoms with Gasteiger partial charge in [-0.2, -0.15) is 0 Å². The van der Waals surface area contributed by atoms with Gasteiger partial charge in [-0.3, -0.25) is 9.59 Å². The van der Waals surface area contributed by atoms with Crippen molar-refractivity contribution in [3.63, 3.8) is 0 Å². The second-order valence-electron chi connectivity index (χ2n) is 8.26. The molecule has 0 bridgehead atoms. The molecule has 0 radical (unpaired) electrons. The number of carbonyl (C=O) groups is 2. The minimum absolute atomic E-state index is 0.0563. The van der Waals surface area contributed by atoms with Crippen molar-refractivity contribution in [3.8, 4) is 0 Å². The number of hydrogen-bond acceptors (Lipinski definition) is 3. The van der Waals surface area contributed by atoms with Gasteiger partial charge in [-0.1, -0.05) is 26.0 Å². The number of rotatable bonds is 6. The van der Waals surface area contributed by atoms with Gasteiger partial charge in [0.2, 0.25) is 0 Å². The van der Waals surface area contributed by atoms with Crippen LogP contribution >= 0.6 is 0 Å². The lowest BCUT2D eigenvalue weighted by molar-refractivity contribution is 0.0925. The summed E-state index contributed by atoms with van der Waals surface area (Å²) in [4.78, 5) is 27.4. The van der Waals surface area contributed by atoms with Crippen LogP contribution in [0.4, 0.5) is 10.1 Å². The second kappa shape index (κ2) is 9.74. The molecule has 1 aliphatic heterocycles. The molecule has 1 aliphatic rings. The van der Waals surface area contributed by atoms with E-state index < -0.39 is 0 Å². The molecule has 2 aromatic rings. The highest BCUT2D eigenvalue weighted by atomic mass is 19.1. The van der Waals surface area contributed by atoms with Gasteiger partial charge < -0.3 is 15.5 Å². The number of benzene rings is 2. The molecule has 2 N–H and O–H groups in total. The molecule has 0 spiro atoms. The summed E-state index contributed by atoms with van der Waals surface area (Å²) in [6.45, 7) is 7.68. The molecule has 1 unspecified atom stereocenters. The number of anilines is 1. The molecule has 1 heterocycles. The van der Waals surface area contributed by atoms with Gasteiger partial charge in [0.1, 0.15) is 5.82 Å². The predicted octanol–water partition coefficient (Wildman–Crippen LogP) is 4.00. The lowest BCUT2D eigenvalue weighted by Gasteiger charge is -2.35. The lowest BCUT2D eigenvalue weighted by Crippen LogP contribution is -2.45. The number of hydrogen-bond donors (Lipinski definition) is 2. The number of amides is 2. The third-order valence-corrected chi connectivity index (χ3v) is 5.78. The summed E-state index contributed by atoms with van der Waals surface area (Å²) in [6, 6.07) is 13.4. The lowest BCUT2D eigenvalue weighted by atomic mass is 10.0. The minimum atomic E-state index is -0.356. The third kappa shape index (κ3) is 5.38. The van der Waals surface area contributed by atoms with E-state index in [1.807, 2.05) is 31.2 Å².